The Morgan fingerprint density at radius 2 is 1.49 bits per heavy atom. The van der Waals surface area contributed by atoms with Gasteiger partial charge in [-0.25, -0.2) is 10.2 Å². The number of carbonyl (C=O) groups is 3. The van der Waals surface area contributed by atoms with Gasteiger partial charge >= 0.3 is 11.7 Å². The van der Waals surface area contributed by atoms with Crippen molar-refractivity contribution in [1.29, 1.82) is 0 Å². The van der Waals surface area contributed by atoms with Crippen LogP contribution in [0.2, 0.25) is 0 Å². The third-order valence-corrected chi connectivity index (χ3v) is 5.43. The van der Waals surface area contributed by atoms with Gasteiger partial charge in [0.25, 0.3) is 5.91 Å². The minimum atomic E-state index is -0.778. The molecule has 0 saturated carbocycles. The van der Waals surface area contributed by atoms with Crippen molar-refractivity contribution in [3.05, 3.63) is 135 Å². The molecule has 194 valence electrons. The molecule has 0 bridgehead atoms. The number of nitro benzene ring substituents is 1. The molecule has 0 unspecified atom stereocenters. The SMILES string of the molecule is O=C(Cc1ccccc1)Nc1ccc(C(=O)N/N=C/c2cccc([N+](=O)[O-])c2OC(=O)c2ccccc2)cc1. The number of hydrazone groups is 1. The molecule has 0 aliphatic heterocycles. The zero-order valence-corrected chi connectivity index (χ0v) is 20.4. The fraction of sp³-hybridized carbons (Fsp3) is 0.0345. The first-order chi connectivity index (χ1) is 18.9. The van der Waals surface area contributed by atoms with Crippen molar-refractivity contribution in [1.82, 2.24) is 5.43 Å². The van der Waals surface area contributed by atoms with E-state index in [0.717, 1.165) is 11.8 Å². The number of para-hydroxylation sites is 1. The molecule has 0 fully saturated rings. The lowest BCUT2D eigenvalue weighted by Gasteiger charge is -2.08. The van der Waals surface area contributed by atoms with Gasteiger partial charge in [0.1, 0.15) is 0 Å². The van der Waals surface area contributed by atoms with Gasteiger partial charge in [0.2, 0.25) is 11.7 Å². The molecule has 2 N–H and O–H groups in total. The van der Waals surface area contributed by atoms with Crippen LogP contribution in [0.15, 0.2) is 108 Å². The van der Waals surface area contributed by atoms with Crippen molar-refractivity contribution in [3.8, 4) is 5.75 Å². The molecular formula is C29H22N4O6. The Bertz CT molecular complexity index is 1520. The predicted octanol–water partition coefficient (Wildman–Crippen LogP) is 4.76. The van der Waals surface area contributed by atoms with Gasteiger partial charge in [-0.3, -0.25) is 19.7 Å². The van der Waals surface area contributed by atoms with Crippen LogP contribution in [0.1, 0.15) is 31.8 Å². The van der Waals surface area contributed by atoms with Gasteiger partial charge in [-0.05, 0) is 48.0 Å². The number of esters is 1. The first kappa shape index (κ1) is 26.4. The summed E-state index contributed by atoms with van der Waals surface area (Å²) in [5.74, 6) is -1.82. The molecule has 0 aliphatic rings. The smallest absolute Gasteiger partial charge is 0.343 e. The van der Waals surface area contributed by atoms with Gasteiger partial charge in [-0.15, -0.1) is 0 Å². The second-order valence-corrected chi connectivity index (χ2v) is 8.20. The van der Waals surface area contributed by atoms with Crippen molar-refractivity contribution in [2.24, 2.45) is 5.10 Å². The number of amides is 2. The lowest BCUT2D eigenvalue weighted by atomic mass is 10.1. The molecule has 10 heteroatoms. The number of anilines is 1. The molecule has 39 heavy (non-hydrogen) atoms. The minimum absolute atomic E-state index is 0.116. The van der Waals surface area contributed by atoms with Crippen molar-refractivity contribution in [3.63, 3.8) is 0 Å². The molecule has 0 heterocycles. The summed E-state index contributed by atoms with van der Waals surface area (Å²) in [5, 5.41) is 18.2. The minimum Gasteiger partial charge on any atom is -0.415 e. The Hall–Kier alpha value is -5.64. The van der Waals surface area contributed by atoms with Crippen LogP contribution in [0.4, 0.5) is 11.4 Å². The molecule has 0 spiro atoms. The maximum Gasteiger partial charge on any atom is 0.343 e. The van der Waals surface area contributed by atoms with Crippen LogP contribution in [0.25, 0.3) is 0 Å². The van der Waals surface area contributed by atoms with Crippen LogP contribution in [0.5, 0.6) is 5.75 Å². The second kappa shape index (κ2) is 12.5. The molecule has 0 atom stereocenters. The van der Waals surface area contributed by atoms with E-state index in [-0.39, 0.29) is 34.8 Å². The summed E-state index contributed by atoms with van der Waals surface area (Å²) in [6.07, 6.45) is 1.37. The van der Waals surface area contributed by atoms with Crippen LogP contribution < -0.4 is 15.5 Å². The largest absolute Gasteiger partial charge is 0.415 e. The number of ether oxygens (including phenoxy) is 1. The monoisotopic (exact) mass is 522 g/mol. The number of nitro groups is 1. The van der Waals surface area contributed by atoms with Crippen LogP contribution in [0, 0.1) is 10.1 Å². The van der Waals surface area contributed by atoms with Gasteiger partial charge in [0.05, 0.1) is 23.1 Å². The number of nitrogens with one attached hydrogen (secondary N) is 2. The van der Waals surface area contributed by atoms with Crippen LogP contribution in [0.3, 0.4) is 0 Å². The Morgan fingerprint density at radius 1 is 0.821 bits per heavy atom. The Labute approximate surface area is 223 Å². The summed E-state index contributed by atoms with van der Waals surface area (Å²) in [6, 6.07) is 27.6. The van der Waals surface area contributed by atoms with E-state index in [1.54, 1.807) is 30.3 Å². The van der Waals surface area contributed by atoms with E-state index in [1.807, 2.05) is 30.3 Å². The Kier molecular flexibility index (Phi) is 8.50. The highest BCUT2D eigenvalue weighted by molar-refractivity contribution is 5.97. The van der Waals surface area contributed by atoms with Gasteiger partial charge in [0.15, 0.2) is 0 Å². The zero-order valence-electron chi connectivity index (χ0n) is 20.4. The normalized spacial score (nSPS) is 10.6. The summed E-state index contributed by atoms with van der Waals surface area (Å²) in [7, 11) is 0. The first-order valence-electron chi connectivity index (χ1n) is 11.7. The molecule has 4 aromatic rings. The average Bonchev–Trinajstić information content (AvgIpc) is 2.95. The average molecular weight is 523 g/mol. The number of carbonyl (C=O) groups excluding carboxylic acids is 3. The highest BCUT2D eigenvalue weighted by Crippen LogP contribution is 2.30. The molecule has 0 saturated heterocycles. The van der Waals surface area contributed by atoms with E-state index in [9.17, 15) is 24.5 Å². The number of benzene rings is 4. The molecule has 2 amide bonds. The van der Waals surface area contributed by atoms with E-state index in [2.05, 4.69) is 15.8 Å². The summed E-state index contributed by atoms with van der Waals surface area (Å²) in [5.41, 5.74) is 3.91. The second-order valence-electron chi connectivity index (χ2n) is 8.20. The maximum atomic E-state index is 12.5. The fourth-order valence-corrected chi connectivity index (χ4v) is 3.54. The first-order valence-corrected chi connectivity index (χ1v) is 11.7. The van der Waals surface area contributed by atoms with Crippen molar-refractivity contribution >= 4 is 35.4 Å². The van der Waals surface area contributed by atoms with Crippen LogP contribution in [-0.4, -0.2) is 28.9 Å². The van der Waals surface area contributed by atoms with Crippen molar-refractivity contribution in [2.45, 2.75) is 6.42 Å². The molecule has 4 rings (SSSR count). The Balaban J connectivity index is 1.41. The summed E-state index contributed by atoms with van der Waals surface area (Å²) >= 11 is 0. The standard InChI is InChI=1S/C29H22N4O6/c34-26(18-20-8-3-1-4-9-20)31-24-16-14-21(15-17-24)28(35)32-30-19-23-12-7-13-25(33(37)38)27(23)39-29(36)22-10-5-2-6-11-22/h1-17,19H,18H2,(H,31,34)(H,32,35)/b30-19+. The van der Waals surface area contributed by atoms with Crippen LogP contribution >= 0.6 is 0 Å². The van der Waals surface area contributed by atoms with Crippen molar-refractivity contribution < 1.29 is 24.0 Å². The highest BCUT2D eigenvalue weighted by Gasteiger charge is 2.22. The third-order valence-electron chi connectivity index (χ3n) is 5.43. The number of rotatable bonds is 9. The highest BCUT2D eigenvalue weighted by atomic mass is 16.6. The molecule has 0 aliphatic carbocycles. The number of nitrogens with zero attached hydrogens (tertiary/aromatic N) is 2. The fourth-order valence-electron chi connectivity index (χ4n) is 3.54. The van der Waals surface area contributed by atoms with E-state index >= 15 is 0 Å². The van der Waals surface area contributed by atoms with Crippen LogP contribution in [-0.2, 0) is 11.2 Å². The van der Waals surface area contributed by atoms with Gasteiger partial charge in [0, 0.05) is 22.9 Å². The van der Waals surface area contributed by atoms with Gasteiger partial charge in [-0.2, -0.15) is 5.10 Å². The molecule has 0 aromatic heterocycles. The molecule has 4 aromatic carbocycles. The van der Waals surface area contributed by atoms with Gasteiger partial charge in [-0.1, -0.05) is 54.6 Å². The summed E-state index contributed by atoms with van der Waals surface area (Å²) in [4.78, 5) is 48.1. The maximum absolute atomic E-state index is 12.5. The van der Waals surface area contributed by atoms with E-state index in [1.165, 1.54) is 42.5 Å². The van der Waals surface area contributed by atoms with Crippen molar-refractivity contribution in [2.75, 3.05) is 5.32 Å². The number of hydrogen-bond acceptors (Lipinski definition) is 7. The third kappa shape index (κ3) is 7.20. The molecule has 10 nitrogen and oxygen atoms in total. The summed E-state index contributed by atoms with van der Waals surface area (Å²) < 4.78 is 5.33. The Morgan fingerprint density at radius 3 is 2.15 bits per heavy atom. The summed E-state index contributed by atoms with van der Waals surface area (Å²) in [6.45, 7) is 0. The topological polar surface area (TPSA) is 140 Å². The zero-order chi connectivity index (χ0) is 27.6. The molecular weight excluding hydrogens is 500 g/mol. The quantitative estimate of drug-likeness (QED) is 0.107. The lowest BCUT2D eigenvalue weighted by Crippen LogP contribution is -2.18. The lowest BCUT2D eigenvalue weighted by molar-refractivity contribution is -0.385. The molecule has 0 radical (unpaired) electrons. The van der Waals surface area contributed by atoms with E-state index in [4.69, 9.17) is 4.74 Å². The van der Waals surface area contributed by atoms with E-state index in [0.29, 0.717) is 5.69 Å². The van der Waals surface area contributed by atoms with Gasteiger partial charge < -0.3 is 10.1 Å². The number of hydrogen-bond donors (Lipinski definition) is 2. The predicted molar refractivity (Wildman–Crippen MR) is 145 cm³/mol. The van der Waals surface area contributed by atoms with E-state index < -0.39 is 22.5 Å².